The van der Waals surface area contributed by atoms with Gasteiger partial charge >= 0.3 is 0 Å². The van der Waals surface area contributed by atoms with E-state index in [1.54, 1.807) is 0 Å². The van der Waals surface area contributed by atoms with Crippen molar-refractivity contribution in [3.8, 4) is 200 Å². The summed E-state index contributed by atoms with van der Waals surface area (Å²) in [4.78, 5) is 0. The topological polar surface area (TPSA) is 0 Å². The van der Waals surface area contributed by atoms with Gasteiger partial charge in [-0.1, -0.05) is 605 Å². The lowest BCUT2D eigenvalue weighted by atomic mass is 9.93. The van der Waals surface area contributed by atoms with Gasteiger partial charge in [-0.15, -0.1) is 0 Å². The van der Waals surface area contributed by atoms with Crippen molar-refractivity contribution in [1.29, 1.82) is 0 Å². The Morgan fingerprint density at radius 1 is 0.0733 bits per heavy atom. The molecule has 0 saturated carbocycles. The predicted octanol–water partition coefficient (Wildman–Crippen LogP) is 42.0. The molecule has 720 valence electrons. The lowest BCUT2D eigenvalue weighted by Crippen LogP contribution is -1.86. The first kappa shape index (κ1) is 100.0. The van der Waals surface area contributed by atoms with Crippen molar-refractivity contribution >= 4 is 0 Å². The summed E-state index contributed by atoms with van der Waals surface area (Å²) >= 11 is 0. The maximum Gasteiger partial charge on any atom is -0.0105 e. The molecule has 0 heterocycles. The van der Waals surface area contributed by atoms with Gasteiger partial charge in [0.15, 0.2) is 0 Å². The summed E-state index contributed by atoms with van der Waals surface area (Å²) in [6, 6.07) is 220. The normalized spacial score (nSPS) is 10.6. The SMILES string of the molecule is Cc1cc(-c2ccccc2)cc(-c2ccc(-c3ccccc3)cc2)c1.Cc1ccc(-c2ccc(-c3ccccc3)cc2)cc1-c1ccccc1.Cc1ccc(-c2cccc(-c3ccc(-c4ccccc4)cc3)c2)cc1.Cc1cccc(-c2cccc(-c3ccc(-c4ccccc4)cc3)c2)c1.Cc1cccc(-c2ccccc2-c2ccc(-c3ccccc3)cc2)c1.Cc1ccccc1-c1cccc(-c2ccc(-c3ccccc3)cc2)c1. The van der Waals surface area contributed by atoms with E-state index in [4.69, 9.17) is 0 Å². The molecule has 0 fully saturated rings. The Labute approximate surface area is 887 Å². The third-order valence-electron chi connectivity index (χ3n) is 27.5. The third kappa shape index (κ3) is 26.3. The number of hydrogen-bond acceptors (Lipinski definition) is 0. The molecule has 150 heavy (non-hydrogen) atoms. The average Bonchev–Trinajstić information content (AvgIpc) is 0.810. The highest BCUT2D eigenvalue weighted by Gasteiger charge is 2.15. The molecule has 0 amide bonds. The van der Waals surface area contributed by atoms with Crippen molar-refractivity contribution in [2.75, 3.05) is 0 Å². The number of benzene rings is 24. The summed E-state index contributed by atoms with van der Waals surface area (Å²) in [5, 5.41) is 0. The summed E-state index contributed by atoms with van der Waals surface area (Å²) < 4.78 is 0. The van der Waals surface area contributed by atoms with Crippen molar-refractivity contribution in [3.63, 3.8) is 0 Å². The molecule has 24 rings (SSSR count). The van der Waals surface area contributed by atoms with Crippen LogP contribution in [0.2, 0.25) is 0 Å². The smallest absolute Gasteiger partial charge is 0.0105 e. The first-order chi connectivity index (χ1) is 73.8. The maximum atomic E-state index is 2.29. The largest absolute Gasteiger partial charge is 0.0622 e. The van der Waals surface area contributed by atoms with Crippen LogP contribution in [-0.2, 0) is 0 Å². The van der Waals surface area contributed by atoms with Crippen molar-refractivity contribution in [3.05, 3.63) is 652 Å². The monoisotopic (exact) mass is 1920 g/mol. The first-order valence-electron chi connectivity index (χ1n) is 51.8. The van der Waals surface area contributed by atoms with Crippen LogP contribution < -0.4 is 0 Å². The van der Waals surface area contributed by atoms with E-state index in [2.05, 4.69) is 660 Å². The van der Waals surface area contributed by atoms with Crippen LogP contribution in [0.3, 0.4) is 0 Å². The van der Waals surface area contributed by atoms with Crippen molar-refractivity contribution in [2.45, 2.75) is 41.5 Å². The van der Waals surface area contributed by atoms with E-state index in [0.29, 0.717) is 0 Å². The highest BCUT2D eigenvalue weighted by molar-refractivity contribution is 5.87. The second kappa shape index (κ2) is 49.7. The Morgan fingerprint density at radius 3 is 0.560 bits per heavy atom. The van der Waals surface area contributed by atoms with Crippen LogP contribution in [0.25, 0.3) is 200 Å². The molecule has 0 aliphatic rings. The zero-order valence-corrected chi connectivity index (χ0v) is 85.9. The first-order valence-corrected chi connectivity index (χ1v) is 51.8. The van der Waals surface area contributed by atoms with Gasteiger partial charge in [0.1, 0.15) is 0 Å². The minimum atomic E-state index is 1.24. The molecule has 0 heteroatoms. The van der Waals surface area contributed by atoms with Gasteiger partial charge in [-0.2, -0.15) is 0 Å². The van der Waals surface area contributed by atoms with E-state index in [1.165, 1.54) is 234 Å². The van der Waals surface area contributed by atoms with Gasteiger partial charge in [-0.25, -0.2) is 0 Å². The second-order valence-electron chi connectivity index (χ2n) is 38.2. The maximum absolute atomic E-state index is 2.29. The van der Waals surface area contributed by atoms with E-state index in [1.807, 2.05) is 0 Å². The highest BCUT2D eigenvalue weighted by atomic mass is 14.2. The fourth-order valence-corrected chi connectivity index (χ4v) is 19.3. The lowest BCUT2D eigenvalue weighted by Gasteiger charge is -2.11. The van der Waals surface area contributed by atoms with Gasteiger partial charge in [0.2, 0.25) is 0 Å². The van der Waals surface area contributed by atoms with Crippen molar-refractivity contribution in [2.24, 2.45) is 0 Å². The summed E-state index contributed by atoms with van der Waals surface area (Å²) in [6.07, 6.45) is 0. The summed E-state index contributed by atoms with van der Waals surface area (Å²) in [7, 11) is 0. The summed E-state index contributed by atoms with van der Waals surface area (Å²) in [6.45, 7) is 12.9. The lowest BCUT2D eigenvalue weighted by molar-refractivity contribution is 1.45. The van der Waals surface area contributed by atoms with Gasteiger partial charge in [-0.3, -0.25) is 0 Å². The molecule has 0 atom stereocenters. The Kier molecular flexibility index (Phi) is 33.1. The van der Waals surface area contributed by atoms with Crippen LogP contribution in [0.1, 0.15) is 33.4 Å². The summed E-state index contributed by atoms with van der Waals surface area (Å²) in [5.74, 6) is 0. The molecule has 24 aromatic carbocycles. The van der Waals surface area contributed by atoms with Crippen LogP contribution in [0, 0.1) is 41.5 Å². The minimum absolute atomic E-state index is 1.24. The Morgan fingerprint density at radius 2 is 0.240 bits per heavy atom. The molecule has 0 aromatic heterocycles. The fourth-order valence-electron chi connectivity index (χ4n) is 19.3. The second-order valence-corrected chi connectivity index (χ2v) is 38.2. The molecule has 24 aromatic rings. The van der Waals surface area contributed by atoms with Crippen molar-refractivity contribution < 1.29 is 0 Å². The fraction of sp³-hybridized carbons (Fsp3) is 0.0400. The van der Waals surface area contributed by atoms with Gasteiger partial charge in [0.05, 0.1) is 0 Å². The zero-order valence-electron chi connectivity index (χ0n) is 85.9. The predicted molar refractivity (Wildman–Crippen MR) is 645 cm³/mol. The van der Waals surface area contributed by atoms with Crippen LogP contribution in [0.5, 0.6) is 0 Å². The van der Waals surface area contributed by atoms with Gasteiger partial charge in [0, 0.05) is 0 Å². The molecule has 0 spiro atoms. The van der Waals surface area contributed by atoms with Gasteiger partial charge in [0.25, 0.3) is 0 Å². The molecule has 0 saturated heterocycles. The highest BCUT2D eigenvalue weighted by Crippen LogP contribution is 2.40. The molecular weight excluding hydrogens is 1800 g/mol. The molecule has 0 N–H and O–H groups in total. The third-order valence-corrected chi connectivity index (χ3v) is 27.5. The Bertz CT molecular complexity index is 8440. The van der Waals surface area contributed by atoms with E-state index < -0.39 is 0 Å². The Balaban J connectivity index is 0.000000113. The van der Waals surface area contributed by atoms with Crippen LogP contribution >= 0.6 is 0 Å². The number of rotatable bonds is 18. The van der Waals surface area contributed by atoms with Gasteiger partial charge in [-0.05, 0) is 289 Å². The zero-order chi connectivity index (χ0) is 102. The molecule has 0 radical (unpaired) electrons. The minimum Gasteiger partial charge on any atom is -0.0622 e. The molecule has 0 nitrogen and oxygen atoms in total. The van der Waals surface area contributed by atoms with E-state index in [-0.39, 0.29) is 0 Å². The van der Waals surface area contributed by atoms with Crippen molar-refractivity contribution in [1.82, 2.24) is 0 Å². The average molecular weight is 1920 g/mol. The molecule has 0 aliphatic heterocycles. The number of aryl methyl sites for hydroxylation is 6. The van der Waals surface area contributed by atoms with E-state index in [9.17, 15) is 0 Å². The van der Waals surface area contributed by atoms with E-state index >= 15 is 0 Å². The Hall–Kier alpha value is -18.7. The standard InChI is InChI=1S/6C25H20/c1-19-16-24(21-10-6-3-7-11-21)18-25(17-19)23-14-12-22(13-15-23)20-8-4-2-5-9-20;1-19-12-13-24(18-25(19)23-10-6-3-7-11-23)22-16-14-21(15-17-22)20-8-4-2-5-9-20;1-19-7-5-10-23(17-19)25-12-6-11-24(18-25)22-15-13-21(14-16-22)20-8-3-2-4-9-20;1-19-8-7-11-23(18-19)25-13-6-5-12-24(25)22-16-14-21(15-17-22)20-9-3-2-4-10-20;1-19-8-5-6-13-25(19)24-12-7-11-23(18-24)22-16-14-21(15-17-22)20-9-3-2-4-10-20;1-19-10-12-22(13-11-19)24-8-5-9-25(18-24)23-16-14-21(15-17-23)20-6-3-2-4-7-20/h6*2-18H,1H3. The number of hydrogen-bond donors (Lipinski definition) is 0. The molecule has 0 aliphatic carbocycles. The summed E-state index contributed by atoms with van der Waals surface area (Å²) in [5.41, 5.74) is 53.0. The molecular formula is C150H120. The van der Waals surface area contributed by atoms with Crippen LogP contribution in [0.15, 0.2) is 619 Å². The molecule has 0 unspecified atom stereocenters. The van der Waals surface area contributed by atoms with Crippen LogP contribution in [0.4, 0.5) is 0 Å². The van der Waals surface area contributed by atoms with Gasteiger partial charge < -0.3 is 0 Å². The van der Waals surface area contributed by atoms with Crippen LogP contribution in [-0.4, -0.2) is 0 Å². The quantitative estimate of drug-likeness (QED) is 0.0803. The van der Waals surface area contributed by atoms with E-state index in [0.717, 1.165) is 0 Å². The molecule has 0 bridgehead atoms.